The Morgan fingerprint density at radius 1 is 0.947 bits per heavy atom. The molecule has 0 aromatic heterocycles. The number of aryl methyl sites for hydroxylation is 1. The second kappa shape index (κ2) is 8.64. The first kappa shape index (κ1) is 15.6. The number of hydrogen-bond donors (Lipinski definition) is 1. The van der Waals surface area contributed by atoms with Crippen molar-refractivity contribution in [3.05, 3.63) is 17.7 Å². The van der Waals surface area contributed by atoms with Crippen LogP contribution in [-0.2, 0) is 6.42 Å². The van der Waals surface area contributed by atoms with Gasteiger partial charge in [-0.15, -0.1) is 0 Å². The molecule has 0 aliphatic carbocycles. The fraction of sp³-hybridized carbons (Fsp3) is 0.600. The second-order valence-corrected chi connectivity index (χ2v) is 4.34. The third-order valence-electron chi connectivity index (χ3n) is 3.04. The molecule has 0 aliphatic rings. The molecule has 4 heteroatoms. The molecular weight excluding hydrogens is 242 g/mol. The Morgan fingerprint density at radius 2 is 1.58 bits per heavy atom. The summed E-state index contributed by atoms with van der Waals surface area (Å²) in [5, 5.41) is 3.33. The van der Waals surface area contributed by atoms with E-state index in [-0.39, 0.29) is 0 Å². The molecule has 0 unspecified atom stereocenters. The van der Waals surface area contributed by atoms with Gasteiger partial charge in [0.15, 0.2) is 11.5 Å². The lowest BCUT2D eigenvalue weighted by Crippen LogP contribution is -2.13. The lowest BCUT2D eigenvalue weighted by Gasteiger charge is -2.14. The third-order valence-corrected chi connectivity index (χ3v) is 3.04. The van der Waals surface area contributed by atoms with Gasteiger partial charge in [0.25, 0.3) is 0 Å². The predicted molar refractivity (Wildman–Crippen MR) is 77.6 cm³/mol. The van der Waals surface area contributed by atoms with Gasteiger partial charge in [0, 0.05) is 0 Å². The Hall–Kier alpha value is -1.42. The number of rotatable bonds is 9. The highest BCUT2D eigenvalue weighted by Gasteiger charge is 2.12. The van der Waals surface area contributed by atoms with Crippen molar-refractivity contribution < 1.29 is 14.2 Å². The molecule has 0 spiro atoms. The van der Waals surface area contributed by atoms with Crippen LogP contribution in [0.1, 0.15) is 25.3 Å². The summed E-state index contributed by atoms with van der Waals surface area (Å²) in [5.41, 5.74) is 1.21. The molecule has 1 aromatic carbocycles. The van der Waals surface area contributed by atoms with Crippen LogP contribution in [0.4, 0.5) is 0 Å². The topological polar surface area (TPSA) is 39.7 Å². The van der Waals surface area contributed by atoms with Gasteiger partial charge >= 0.3 is 0 Å². The van der Waals surface area contributed by atoms with E-state index in [0.29, 0.717) is 5.75 Å². The lowest BCUT2D eigenvalue weighted by atomic mass is 10.1. The quantitative estimate of drug-likeness (QED) is 0.698. The number of benzene rings is 1. The van der Waals surface area contributed by atoms with E-state index in [0.717, 1.165) is 37.4 Å². The van der Waals surface area contributed by atoms with Gasteiger partial charge in [-0.2, -0.15) is 0 Å². The highest BCUT2D eigenvalue weighted by Crippen LogP contribution is 2.38. The molecule has 0 radical (unpaired) electrons. The van der Waals surface area contributed by atoms with Crippen LogP contribution in [0.3, 0.4) is 0 Å². The number of nitrogens with one attached hydrogen (secondary N) is 1. The van der Waals surface area contributed by atoms with Gasteiger partial charge in [-0.25, -0.2) is 0 Å². The van der Waals surface area contributed by atoms with Crippen molar-refractivity contribution in [2.45, 2.75) is 26.2 Å². The summed E-state index contributed by atoms with van der Waals surface area (Å²) in [5.74, 6) is 2.11. The first-order valence-electron chi connectivity index (χ1n) is 6.76. The number of methoxy groups -OCH3 is 3. The van der Waals surface area contributed by atoms with Gasteiger partial charge in [0.2, 0.25) is 5.75 Å². The Bertz CT molecular complexity index is 355. The summed E-state index contributed by atoms with van der Waals surface area (Å²) < 4.78 is 16.0. The van der Waals surface area contributed by atoms with E-state index in [4.69, 9.17) is 14.2 Å². The standard InChI is InChI=1S/C15H25NO3/c1-5-16-9-7-6-8-12-10-13(17-2)15(19-4)14(11-12)18-3/h10-11,16H,5-9H2,1-4H3. The maximum atomic E-state index is 5.35. The van der Waals surface area contributed by atoms with Crippen molar-refractivity contribution in [2.24, 2.45) is 0 Å². The lowest BCUT2D eigenvalue weighted by molar-refractivity contribution is 0.323. The van der Waals surface area contributed by atoms with E-state index in [2.05, 4.69) is 12.2 Å². The molecule has 0 amide bonds. The molecular formula is C15H25NO3. The molecule has 1 rings (SSSR count). The second-order valence-electron chi connectivity index (χ2n) is 4.34. The minimum Gasteiger partial charge on any atom is -0.493 e. The molecule has 0 saturated carbocycles. The van der Waals surface area contributed by atoms with Crippen LogP contribution in [0.15, 0.2) is 12.1 Å². The van der Waals surface area contributed by atoms with Crippen LogP contribution < -0.4 is 19.5 Å². The van der Waals surface area contributed by atoms with Crippen LogP contribution in [0, 0.1) is 0 Å². The smallest absolute Gasteiger partial charge is 0.203 e. The molecule has 0 fully saturated rings. The van der Waals surface area contributed by atoms with E-state index in [1.807, 2.05) is 12.1 Å². The zero-order valence-electron chi connectivity index (χ0n) is 12.4. The van der Waals surface area contributed by atoms with Gasteiger partial charge in [0.1, 0.15) is 0 Å². The minimum absolute atomic E-state index is 0.654. The fourth-order valence-corrected chi connectivity index (χ4v) is 2.04. The van der Waals surface area contributed by atoms with E-state index < -0.39 is 0 Å². The van der Waals surface area contributed by atoms with Crippen molar-refractivity contribution in [3.63, 3.8) is 0 Å². The summed E-state index contributed by atoms with van der Waals surface area (Å²) in [7, 11) is 4.91. The van der Waals surface area contributed by atoms with Crippen LogP contribution in [-0.4, -0.2) is 34.4 Å². The van der Waals surface area contributed by atoms with Crippen molar-refractivity contribution in [1.82, 2.24) is 5.32 Å². The van der Waals surface area contributed by atoms with Crippen molar-refractivity contribution in [3.8, 4) is 17.2 Å². The number of ether oxygens (including phenoxy) is 3. The highest BCUT2D eigenvalue weighted by atomic mass is 16.5. The Morgan fingerprint density at radius 3 is 2.05 bits per heavy atom. The van der Waals surface area contributed by atoms with E-state index in [9.17, 15) is 0 Å². The van der Waals surface area contributed by atoms with Gasteiger partial charge in [-0.3, -0.25) is 0 Å². The van der Waals surface area contributed by atoms with Gasteiger partial charge < -0.3 is 19.5 Å². The minimum atomic E-state index is 0.654. The summed E-state index contributed by atoms with van der Waals surface area (Å²) >= 11 is 0. The molecule has 0 atom stereocenters. The van der Waals surface area contributed by atoms with E-state index >= 15 is 0 Å². The Labute approximate surface area is 116 Å². The summed E-state index contributed by atoms with van der Waals surface area (Å²) in [6, 6.07) is 4.04. The number of hydrogen-bond acceptors (Lipinski definition) is 4. The maximum absolute atomic E-state index is 5.35. The molecule has 0 heterocycles. The van der Waals surface area contributed by atoms with Crippen LogP contribution in [0.5, 0.6) is 17.2 Å². The molecule has 0 aliphatic heterocycles. The molecule has 4 nitrogen and oxygen atoms in total. The SMILES string of the molecule is CCNCCCCc1cc(OC)c(OC)c(OC)c1. The van der Waals surface area contributed by atoms with Crippen LogP contribution in [0.25, 0.3) is 0 Å². The summed E-state index contributed by atoms with van der Waals surface area (Å²) in [6.45, 7) is 4.23. The molecule has 0 saturated heterocycles. The Kier molecular flexibility index (Phi) is 7.11. The number of unbranched alkanes of at least 4 members (excludes halogenated alkanes) is 1. The first-order chi connectivity index (χ1) is 9.26. The van der Waals surface area contributed by atoms with Crippen molar-refractivity contribution in [2.75, 3.05) is 34.4 Å². The molecule has 19 heavy (non-hydrogen) atoms. The van der Waals surface area contributed by atoms with Crippen LogP contribution >= 0.6 is 0 Å². The zero-order chi connectivity index (χ0) is 14.1. The van der Waals surface area contributed by atoms with Crippen molar-refractivity contribution in [1.29, 1.82) is 0 Å². The molecule has 0 bridgehead atoms. The van der Waals surface area contributed by atoms with Gasteiger partial charge in [0.05, 0.1) is 21.3 Å². The molecule has 108 valence electrons. The highest BCUT2D eigenvalue weighted by molar-refractivity contribution is 5.53. The normalized spacial score (nSPS) is 10.3. The summed E-state index contributed by atoms with van der Waals surface area (Å²) in [6.07, 6.45) is 3.33. The van der Waals surface area contributed by atoms with Gasteiger partial charge in [-0.1, -0.05) is 6.92 Å². The monoisotopic (exact) mass is 267 g/mol. The van der Waals surface area contributed by atoms with Crippen molar-refractivity contribution >= 4 is 0 Å². The first-order valence-corrected chi connectivity index (χ1v) is 6.76. The largest absolute Gasteiger partial charge is 0.493 e. The summed E-state index contributed by atoms with van der Waals surface area (Å²) in [4.78, 5) is 0. The third kappa shape index (κ3) is 4.63. The average Bonchev–Trinajstić information content (AvgIpc) is 2.45. The van der Waals surface area contributed by atoms with Crippen LogP contribution in [0.2, 0.25) is 0 Å². The average molecular weight is 267 g/mol. The van der Waals surface area contributed by atoms with E-state index in [1.54, 1.807) is 21.3 Å². The van der Waals surface area contributed by atoms with E-state index in [1.165, 1.54) is 12.0 Å². The maximum Gasteiger partial charge on any atom is 0.203 e. The van der Waals surface area contributed by atoms with Gasteiger partial charge in [-0.05, 0) is 50.0 Å². The molecule has 1 aromatic rings. The molecule has 1 N–H and O–H groups in total. The fourth-order valence-electron chi connectivity index (χ4n) is 2.04. The Balaban J connectivity index is 2.68. The zero-order valence-corrected chi connectivity index (χ0v) is 12.4. The predicted octanol–water partition coefficient (Wildman–Crippen LogP) is 2.64.